The molecule has 1 N–H and O–H groups in total. The minimum Gasteiger partial charge on any atom is -0.450 e. The highest BCUT2D eigenvalue weighted by molar-refractivity contribution is 6.31. The number of rotatable bonds is 13. The van der Waals surface area contributed by atoms with E-state index >= 15 is 0 Å². The molecule has 11 heteroatoms. The van der Waals surface area contributed by atoms with Crippen molar-refractivity contribution >= 4 is 45.5 Å². The molecule has 0 aliphatic carbocycles. The summed E-state index contributed by atoms with van der Waals surface area (Å²) < 4.78 is 20.2. The number of carbonyl (C=O) groups is 1. The van der Waals surface area contributed by atoms with Gasteiger partial charge >= 0.3 is 5.69 Å². The summed E-state index contributed by atoms with van der Waals surface area (Å²) in [6.45, 7) is 3.01. The number of likely N-dealkylation sites (N-methyl/N-ethyl adjacent to an activating group) is 1. The van der Waals surface area contributed by atoms with E-state index in [9.17, 15) is 19.3 Å². The van der Waals surface area contributed by atoms with Crippen LogP contribution in [0, 0.1) is 22.9 Å². The van der Waals surface area contributed by atoms with Crippen molar-refractivity contribution in [3.8, 4) is 22.6 Å². The number of ether oxygens (including phenoxy) is 1. The summed E-state index contributed by atoms with van der Waals surface area (Å²) >= 11 is 5.96. The van der Waals surface area contributed by atoms with Crippen LogP contribution in [0.3, 0.4) is 0 Å². The van der Waals surface area contributed by atoms with E-state index in [0.717, 1.165) is 27.8 Å². The van der Waals surface area contributed by atoms with Gasteiger partial charge in [0, 0.05) is 29.1 Å². The number of carbonyl (C=O) groups excluding carboxylic acids is 1. The number of aryl methyl sites for hydroxylation is 1. The largest absolute Gasteiger partial charge is 0.450 e. The first-order chi connectivity index (χ1) is 24.9. The number of nitro groups is 1. The van der Waals surface area contributed by atoms with Gasteiger partial charge in [0.2, 0.25) is 5.75 Å². The molecule has 52 heavy (non-hydrogen) atoms. The van der Waals surface area contributed by atoms with E-state index in [1.54, 1.807) is 36.4 Å². The molecular weight excluding hydrogens is 681 g/mol. The Morgan fingerprint density at radius 1 is 0.962 bits per heavy atom. The van der Waals surface area contributed by atoms with Gasteiger partial charge in [-0.1, -0.05) is 54.1 Å². The van der Waals surface area contributed by atoms with E-state index in [0.29, 0.717) is 45.7 Å². The van der Waals surface area contributed by atoms with Crippen molar-refractivity contribution < 1.29 is 23.3 Å². The Labute approximate surface area is 305 Å². The summed E-state index contributed by atoms with van der Waals surface area (Å²) in [6, 6.07) is 30.4. The molecular formula is C41H36ClFN5O4+. The third kappa shape index (κ3) is 8.84. The van der Waals surface area contributed by atoms with Gasteiger partial charge in [0.15, 0.2) is 5.78 Å². The maximum atomic E-state index is 13.7. The molecule has 1 heterocycles. The van der Waals surface area contributed by atoms with Crippen LogP contribution < -0.4 is 10.1 Å². The predicted molar refractivity (Wildman–Crippen MR) is 203 cm³/mol. The number of allylic oxidation sites excluding steroid dienone is 1. The van der Waals surface area contributed by atoms with E-state index in [4.69, 9.17) is 16.3 Å². The van der Waals surface area contributed by atoms with Gasteiger partial charge in [-0.05, 0) is 95.9 Å². The van der Waals surface area contributed by atoms with Crippen LogP contribution in [0.1, 0.15) is 16.7 Å². The van der Waals surface area contributed by atoms with Crippen LogP contribution in [0.2, 0.25) is 5.02 Å². The van der Waals surface area contributed by atoms with Crippen LogP contribution in [0.5, 0.6) is 11.5 Å². The maximum Gasteiger partial charge on any atom is 0.311 e. The Morgan fingerprint density at radius 3 is 2.44 bits per heavy atom. The summed E-state index contributed by atoms with van der Waals surface area (Å²) in [5.74, 6) is 0.588. The minimum absolute atomic E-state index is 0.00776. The van der Waals surface area contributed by atoms with E-state index in [2.05, 4.69) is 15.3 Å². The van der Waals surface area contributed by atoms with Crippen LogP contribution in [0.25, 0.3) is 22.0 Å². The Kier molecular flexibility index (Phi) is 10.7. The highest BCUT2D eigenvalue weighted by atomic mass is 35.5. The molecule has 9 nitrogen and oxygen atoms in total. The second-order valence-electron chi connectivity index (χ2n) is 13.1. The van der Waals surface area contributed by atoms with Crippen molar-refractivity contribution in [1.29, 1.82) is 0 Å². The van der Waals surface area contributed by atoms with Crippen LogP contribution in [0.4, 0.5) is 21.6 Å². The third-order valence-corrected chi connectivity index (χ3v) is 8.85. The van der Waals surface area contributed by atoms with Gasteiger partial charge in [0.1, 0.15) is 30.3 Å². The summed E-state index contributed by atoms with van der Waals surface area (Å²) in [7, 11) is 4.05. The van der Waals surface area contributed by atoms with Crippen LogP contribution in [-0.4, -0.2) is 45.8 Å². The summed E-state index contributed by atoms with van der Waals surface area (Å²) in [6.07, 6.45) is 5.06. The van der Waals surface area contributed by atoms with Crippen LogP contribution in [-0.2, 0) is 17.8 Å². The SMILES string of the molecule is Cc1cc2ncnc(Nc3ccc(F)c(Cl)c3)c2cc1CC(=O)/C=C/C[N+](C)(C)Cc1ccc([N+](=O)[O-])c(Oc2ccc(-c3ccccc3)cc2)c1. The predicted octanol–water partition coefficient (Wildman–Crippen LogP) is 9.79. The van der Waals surface area contributed by atoms with Crippen LogP contribution in [0.15, 0.2) is 122 Å². The molecule has 6 rings (SSSR count). The molecule has 0 radical (unpaired) electrons. The van der Waals surface area contributed by atoms with Gasteiger partial charge in [0.25, 0.3) is 0 Å². The van der Waals surface area contributed by atoms with E-state index in [-0.39, 0.29) is 28.7 Å². The van der Waals surface area contributed by atoms with E-state index in [1.807, 2.05) is 81.7 Å². The zero-order valence-corrected chi connectivity index (χ0v) is 29.6. The molecule has 0 unspecified atom stereocenters. The van der Waals surface area contributed by atoms with Crippen molar-refractivity contribution in [2.45, 2.75) is 19.9 Å². The fourth-order valence-corrected chi connectivity index (χ4v) is 6.07. The molecule has 5 aromatic carbocycles. The second-order valence-corrected chi connectivity index (χ2v) is 13.6. The molecule has 1 aromatic heterocycles. The van der Waals surface area contributed by atoms with Gasteiger partial charge < -0.3 is 14.5 Å². The monoisotopic (exact) mass is 716 g/mol. The van der Waals surface area contributed by atoms with Crippen LogP contribution >= 0.6 is 11.6 Å². The van der Waals surface area contributed by atoms with Gasteiger partial charge in [-0.15, -0.1) is 0 Å². The van der Waals surface area contributed by atoms with Gasteiger partial charge in [-0.25, -0.2) is 14.4 Å². The first kappa shape index (κ1) is 35.8. The zero-order chi connectivity index (χ0) is 36.8. The van der Waals surface area contributed by atoms with Crippen molar-refractivity contribution in [3.63, 3.8) is 0 Å². The van der Waals surface area contributed by atoms with Gasteiger partial charge in [-0.3, -0.25) is 14.9 Å². The smallest absolute Gasteiger partial charge is 0.311 e. The lowest BCUT2D eigenvalue weighted by Crippen LogP contribution is -2.38. The first-order valence-electron chi connectivity index (χ1n) is 16.5. The van der Waals surface area contributed by atoms with Crippen molar-refractivity contribution in [3.05, 3.63) is 159 Å². The van der Waals surface area contributed by atoms with Crippen molar-refractivity contribution in [1.82, 2.24) is 9.97 Å². The Hall–Kier alpha value is -5.97. The van der Waals surface area contributed by atoms with Crippen molar-refractivity contribution in [2.24, 2.45) is 0 Å². The molecule has 0 fully saturated rings. The maximum absolute atomic E-state index is 13.7. The highest BCUT2D eigenvalue weighted by Crippen LogP contribution is 2.34. The van der Waals surface area contributed by atoms with Gasteiger partial charge in [-0.2, -0.15) is 0 Å². The normalized spacial score (nSPS) is 11.6. The summed E-state index contributed by atoms with van der Waals surface area (Å²) in [4.78, 5) is 33.3. The Bertz CT molecular complexity index is 2300. The fraction of sp³-hybridized carbons (Fsp3) is 0.146. The lowest BCUT2D eigenvalue weighted by atomic mass is 10.00. The molecule has 0 aliphatic heterocycles. The topological polar surface area (TPSA) is 107 Å². The summed E-state index contributed by atoms with van der Waals surface area (Å²) in [5.41, 5.74) is 5.84. The average molecular weight is 717 g/mol. The number of fused-ring (bicyclic) bond motifs is 1. The molecule has 0 amide bonds. The number of aromatic nitrogens is 2. The molecule has 6 aromatic rings. The average Bonchev–Trinajstić information content (AvgIpc) is 3.11. The lowest BCUT2D eigenvalue weighted by molar-refractivity contribution is -0.897. The van der Waals surface area contributed by atoms with Crippen molar-refractivity contribution in [2.75, 3.05) is 26.0 Å². The third-order valence-electron chi connectivity index (χ3n) is 8.56. The quantitative estimate of drug-likeness (QED) is 0.0549. The zero-order valence-electron chi connectivity index (χ0n) is 28.8. The Morgan fingerprint density at radius 2 is 1.71 bits per heavy atom. The molecule has 0 spiro atoms. The Balaban J connectivity index is 1.11. The molecule has 262 valence electrons. The fourth-order valence-electron chi connectivity index (χ4n) is 5.89. The number of hydrogen-bond donors (Lipinski definition) is 1. The molecule has 0 saturated carbocycles. The number of benzene rings is 5. The number of nitrogens with one attached hydrogen (secondary N) is 1. The minimum atomic E-state index is -0.515. The molecule has 0 saturated heterocycles. The molecule has 0 bridgehead atoms. The number of nitro benzene ring substituents is 1. The molecule has 0 aliphatic rings. The number of halogens is 2. The lowest BCUT2D eigenvalue weighted by Gasteiger charge is -2.28. The summed E-state index contributed by atoms with van der Waals surface area (Å²) in [5, 5.41) is 15.7. The second kappa shape index (κ2) is 15.5. The number of anilines is 2. The van der Waals surface area contributed by atoms with E-state index in [1.165, 1.54) is 24.5 Å². The number of quaternary nitrogens is 1. The standard InChI is InChI=1S/C41H36ClFN5O4/c1-27-20-38-35(41(45-26-44-38)46-32-14-17-37(43)36(42)24-32)23-31(27)22-33(49)10-7-19-48(2,3)25-28-11-18-39(47(50)51)40(21-28)52-34-15-12-30(13-16-34)29-8-5-4-6-9-29/h4-18,20-21,23-24,26H,19,22,25H2,1-3H3,(H,44,45,46)/q+1/b10-7+. The number of ketones is 1. The first-order valence-corrected chi connectivity index (χ1v) is 16.9. The van der Waals surface area contributed by atoms with E-state index < -0.39 is 10.7 Å². The van der Waals surface area contributed by atoms with Gasteiger partial charge in [0.05, 0.1) is 36.1 Å². The number of hydrogen-bond acceptors (Lipinski definition) is 7. The molecule has 0 atom stereocenters. The highest BCUT2D eigenvalue weighted by Gasteiger charge is 2.21. The number of nitrogens with zero attached hydrogens (tertiary/aromatic N) is 4.